The van der Waals surface area contributed by atoms with Gasteiger partial charge in [0.2, 0.25) is 0 Å². The highest BCUT2D eigenvalue weighted by atomic mass is 19.1. The smallest absolute Gasteiger partial charge is 0.253 e. The van der Waals surface area contributed by atoms with Gasteiger partial charge in [-0.25, -0.2) is 4.39 Å². The third kappa shape index (κ3) is 4.34. The van der Waals surface area contributed by atoms with Gasteiger partial charge in [-0.1, -0.05) is 42.8 Å². The molecule has 3 aliphatic rings. The van der Waals surface area contributed by atoms with Gasteiger partial charge < -0.3 is 16.5 Å². The van der Waals surface area contributed by atoms with Crippen molar-refractivity contribution in [2.45, 2.75) is 32.2 Å². The molecule has 3 atom stereocenters. The predicted molar refractivity (Wildman–Crippen MR) is 147 cm³/mol. The van der Waals surface area contributed by atoms with E-state index in [2.05, 4.69) is 47.1 Å². The third-order valence-electron chi connectivity index (χ3n) is 7.91. The Morgan fingerprint density at radius 1 is 1.18 bits per heavy atom. The summed E-state index contributed by atoms with van der Waals surface area (Å²) >= 11 is 0. The fourth-order valence-electron chi connectivity index (χ4n) is 6.06. The van der Waals surface area contributed by atoms with Crippen molar-refractivity contribution in [3.05, 3.63) is 125 Å². The molecule has 192 valence electrons. The van der Waals surface area contributed by atoms with Gasteiger partial charge in [-0.3, -0.25) is 14.8 Å². The molecule has 0 saturated heterocycles. The maximum Gasteiger partial charge on any atom is 0.253 e. The number of nitrogens with one attached hydrogen (secondary N) is 2. The van der Waals surface area contributed by atoms with Crippen molar-refractivity contribution < 1.29 is 9.18 Å². The van der Waals surface area contributed by atoms with E-state index >= 15 is 0 Å². The van der Waals surface area contributed by atoms with Gasteiger partial charge in [0.1, 0.15) is 5.82 Å². The topological polar surface area (TPSA) is 83.3 Å². The van der Waals surface area contributed by atoms with E-state index in [1.165, 1.54) is 35.0 Å². The van der Waals surface area contributed by atoms with Gasteiger partial charge in [-0.05, 0) is 72.7 Å². The number of nitrogens with two attached hydrogens (primary N) is 1. The second-order valence-electron chi connectivity index (χ2n) is 10.1. The first-order valence-corrected chi connectivity index (χ1v) is 13.0. The number of carbonyl (C=O) groups is 1. The van der Waals surface area contributed by atoms with Crippen molar-refractivity contribution in [3.8, 4) is 0 Å². The summed E-state index contributed by atoms with van der Waals surface area (Å²) in [4.78, 5) is 17.2. The number of hydrazine groups is 1. The van der Waals surface area contributed by atoms with Crippen LogP contribution in [0.1, 0.15) is 48.1 Å². The quantitative estimate of drug-likeness (QED) is 0.392. The first-order chi connectivity index (χ1) is 18.5. The molecule has 0 radical (unpaired) electrons. The van der Waals surface area contributed by atoms with Crippen molar-refractivity contribution in [1.29, 1.82) is 0 Å². The minimum Gasteiger partial charge on any atom is -0.397 e. The van der Waals surface area contributed by atoms with Crippen LogP contribution in [0, 0.1) is 17.7 Å². The number of carbonyl (C=O) groups excluding carboxylic acids is 1. The lowest BCUT2D eigenvalue weighted by Gasteiger charge is -2.31. The number of hydrogen-bond acceptors (Lipinski definition) is 5. The Kier molecular flexibility index (Phi) is 6.19. The Bertz CT molecular complexity index is 1460. The van der Waals surface area contributed by atoms with Crippen LogP contribution in [0.25, 0.3) is 0 Å². The zero-order chi connectivity index (χ0) is 26.2. The zero-order valence-electron chi connectivity index (χ0n) is 21.2. The van der Waals surface area contributed by atoms with Crippen molar-refractivity contribution in [2.75, 3.05) is 10.7 Å². The molecule has 2 aliphatic carbocycles. The standard InChI is InChI=1S/C31H30FN5O/c1-19-26-17-35-37(24-11-9-23(32)10-12-24)29(26)16-22-8-7-21(30(19)22)15-28(20-5-3-2-4-6-20)36-31(38)25-13-14-34-18-27(25)33/h2-6,9-14,16-19,21,28,35H,7-8,15,33H2,1H3,(H,36,38)/t19-,21+,28?/m0/s1. The Morgan fingerprint density at radius 2 is 1.97 bits per heavy atom. The fourth-order valence-corrected chi connectivity index (χ4v) is 6.06. The monoisotopic (exact) mass is 507 g/mol. The third-order valence-corrected chi connectivity index (χ3v) is 7.91. The maximum atomic E-state index is 13.5. The highest BCUT2D eigenvalue weighted by molar-refractivity contribution is 5.99. The summed E-state index contributed by atoms with van der Waals surface area (Å²) in [6.07, 6.45) is 10.3. The van der Waals surface area contributed by atoms with Crippen molar-refractivity contribution in [1.82, 2.24) is 15.7 Å². The Morgan fingerprint density at radius 3 is 2.74 bits per heavy atom. The van der Waals surface area contributed by atoms with Crippen LogP contribution in [0.2, 0.25) is 0 Å². The molecule has 0 saturated carbocycles. The number of fused-ring (bicyclic) bond motifs is 1. The number of pyridine rings is 1. The zero-order valence-corrected chi connectivity index (χ0v) is 21.2. The Hall–Kier alpha value is -4.39. The number of nitrogen functional groups attached to an aromatic ring is 1. The average molecular weight is 508 g/mol. The SMILES string of the molecule is C[C@H]1C2=CNN(c3ccc(F)cc3)C2=CC2=C1[C@@H](CC(NC(=O)c1ccncc1N)c1ccccc1)CC2. The number of hydrogen-bond donors (Lipinski definition) is 3. The van der Waals surface area contributed by atoms with Crippen LogP contribution < -0.4 is 21.5 Å². The molecule has 38 heavy (non-hydrogen) atoms. The van der Waals surface area contributed by atoms with Crippen LogP contribution in [-0.2, 0) is 0 Å². The van der Waals surface area contributed by atoms with Gasteiger partial charge in [0.15, 0.2) is 0 Å². The molecule has 1 unspecified atom stereocenters. The number of aromatic nitrogens is 1. The Labute approximate surface area is 221 Å². The summed E-state index contributed by atoms with van der Waals surface area (Å²) in [5.74, 6) is 0.127. The molecule has 2 aromatic carbocycles. The van der Waals surface area contributed by atoms with Gasteiger partial charge in [-0.15, -0.1) is 0 Å². The largest absolute Gasteiger partial charge is 0.397 e. The summed E-state index contributed by atoms with van der Waals surface area (Å²) in [6, 6.07) is 18.2. The van der Waals surface area contributed by atoms with Crippen LogP contribution in [0.15, 0.2) is 108 Å². The molecular formula is C31H30FN5O. The highest BCUT2D eigenvalue weighted by Crippen LogP contribution is 2.49. The molecule has 0 spiro atoms. The molecule has 2 heterocycles. The lowest BCUT2D eigenvalue weighted by molar-refractivity contribution is 0.0932. The van der Waals surface area contributed by atoms with Crippen LogP contribution in [-0.4, -0.2) is 10.9 Å². The predicted octanol–water partition coefficient (Wildman–Crippen LogP) is 5.81. The van der Waals surface area contributed by atoms with Crippen molar-refractivity contribution >= 4 is 17.3 Å². The molecule has 1 aromatic heterocycles. The first kappa shape index (κ1) is 24.0. The van der Waals surface area contributed by atoms with E-state index in [1.54, 1.807) is 24.4 Å². The molecule has 1 amide bonds. The number of amides is 1. The van der Waals surface area contributed by atoms with E-state index in [0.717, 1.165) is 36.2 Å². The average Bonchev–Trinajstić information content (AvgIpc) is 3.54. The minimum atomic E-state index is -0.248. The lowest BCUT2D eigenvalue weighted by Crippen LogP contribution is -2.31. The molecule has 4 N–H and O–H groups in total. The minimum absolute atomic E-state index is 0.155. The van der Waals surface area contributed by atoms with Gasteiger partial charge in [0.25, 0.3) is 5.91 Å². The molecule has 1 aliphatic heterocycles. The molecule has 6 nitrogen and oxygen atoms in total. The first-order valence-electron chi connectivity index (χ1n) is 13.0. The summed E-state index contributed by atoms with van der Waals surface area (Å²) in [6.45, 7) is 2.26. The number of anilines is 2. The molecule has 7 heteroatoms. The maximum absolute atomic E-state index is 13.5. The molecular weight excluding hydrogens is 477 g/mol. The van der Waals surface area contributed by atoms with Gasteiger partial charge in [0, 0.05) is 23.9 Å². The van der Waals surface area contributed by atoms with Crippen molar-refractivity contribution in [3.63, 3.8) is 0 Å². The fraction of sp³-hybridized carbons (Fsp3) is 0.226. The van der Waals surface area contributed by atoms with E-state index < -0.39 is 0 Å². The Balaban J connectivity index is 1.28. The number of benzene rings is 2. The number of halogens is 1. The molecule has 3 aromatic rings. The summed E-state index contributed by atoms with van der Waals surface area (Å²) in [5, 5.41) is 5.28. The van der Waals surface area contributed by atoms with Crippen LogP contribution in [0.5, 0.6) is 0 Å². The van der Waals surface area contributed by atoms with E-state index in [9.17, 15) is 9.18 Å². The van der Waals surface area contributed by atoms with E-state index in [1.807, 2.05) is 23.2 Å². The van der Waals surface area contributed by atoms with E-state index in [4.69, 9.17) is 5.73 Å². The molecule has 0 fully saturated rings. The van der Waals surface area contributed by atoms with Crippen LogP contribution >= 0.6 is 0 Å². The summed E-state index contributed by atoms with van der Waals surface area (Å²) in [7, 11) is 0. The van der Waals surface area contributed by atoms with E-state index in [-0.39, 0.29) is 23.7 Å². The normalized spacial score (nSPS) is 20.7. The summed E-state index contributed by atoms with van der Waals surface area (Å²) < 4.78 is 13.5. The van der Waals surface area contributed by atoms with Gasteiger partial charge in [0.05, 0.1) is 34.9 Å². The number of nitrogens with zero attached hydrogens (tertiary/aromatic N) is 2. The van der Waals surface area contributed by atoms with Crippen molar-refractivity contribution in [2.24, 2.45) is 11.8 Å². The van der Waals surface area contributed by atoms with Crippen LogP contribution in [0.3, 0.4) is 0 Å². The van der Waals surface area contributed by atoms with E-state index in [0.29, 0.717) is 17.2 Å². The van der Waals surface area contributed by atoms with Gasteiger partial charge in [-0.2, -0.15) is 0 Å². The highest BCUT2D eigenvalue weighted by Gasteiger charge is 2.39. The molecule has 0 bridgehead atoms. The number of rotatable bonds is 6. The lowest BCUT2D eigenvalue weighted by atomic mass is 9.78. The summed E-state index contributed by atoms with van der Waals surface area (Å²) in [5.41, 5.74) is 17.3. The van der Waals surface area contributed by atoms with Crippen LogP contribution in [0.4, 0.5) is 15.8 Å². The second-order valence-corrected chi connectivity index (χ2v) is 10.1. The second kappa shape index (κ2) is 9.82. The molecule has 6 rings (SSSR count). The number of allylic oxidation sites excluding steroid dienone is 4. The van der Waals surface area contributed by atoms with Gasteiger partial charge >= 0.3 is 0 Å².